The molecule has 3 atom stereocenters. The van der Waals surface area contributed by atoms with Crippen LogP contribution in [0.25, 0.3) is 44.8 Å². The number of likely N-dealkylation sites (tertiary alicyclic amines) is 1. The maximum atomic E-state index is 13.7. The average Bonchev–Trinajstić information content (AvgIpc) is 3.44. The number of imidazole rings is 1. The molecule has 3 N–H and O–H groups in total. The molecule has 1 amide bonds. The summed E-state index contributed by atoms with van der Waals surface area (Å²) in [5.74, 6) is 2.24. The number of benzene rings is 2. The fourth-order valence-electron chi connectivity index (χ4n) is 7.44. The lowest BCUT2D eigenvalue weighted by molar-refractivity contribution is 0.0700. The van der Waals surface area contributed by atoms with Crippen LogP contribution in [-0.4, -0.2) is 70.3 Å². The predicted octanol–water partition coefficient (Wildman–Crippen LogP) is 5.26. The molecule has 0 spiro atoms. The van der Waals surface area contributed by atoms with Crippen molar-refractivity contribution in [3.8, 4) is 28.5 Å². The number of sulfonamides is 1. The van der Waals surface area contributed by atoms with Crippen LogP contribution >= 0.6 is 11.6 Å². The summed E-state index contributed by atoms with van der Waals surface area (Å²) in [7, 11) is 0.125. The minimum Gasteiger partial charge on any atom is -0.494 e. The van der Waals surface area contributed by atoms with Gasteiger partial charge in [0.1, 0.15) is 16.9 Å². The maximum absolute atomic E-state index is 13.7. The van der Waals surface area contributed by atoms with Gasteiger partial charge in [-0.1, -0.05) is 17.7 Å². The molecule has 2 bridgehead atoms. The fraction of sp³-hybridized carbons (Fsp3) is 0.382. The van der Waals surface area contributed by atoms with Gasteiger partial charge in [0, 0.05) is 48.7 Å². The molecule has 11 nitrogen and oxygen atoms in total. The van der Waals surface area contributed by atoms with E-state index in [-0.39, 0.29) is 23.0 Å². The molecule has 47 heavy (non-hydrogen) atoms. The lowest BCUT2D eigenvalue weighted by atomic mass is 10.1. The Morgan fingerprint density at radius 1 is 1.09 bits per heavy atom. The van der Waals surface area contributed by atoms with E-state index in [4.69, 9.17) is 32.0 Å². The van der Waals surface area contributed by atoms with Gasteiger partial charge in [0.25, 0.3) is 5.91 Å². The van der Waals surface area contributed by atoms with Crippen molar-refractivity contribution in [3.63, 3.8) is 0 Å². The fourth-order valence-corrected chi connectivity index (χ4v) is 8.30. The quantitative estimate of drug-likeness (QED) is 0.229. The Labute approximate surface area is 277 Å². The number of nitrogens with two attached hydrogens (primary N) is 1. The lowest BCUT2D eigenvalue weighted by Gasteiger charge is -2.27. The molecule has 2 aliphatic carbocycles. The number of amides is 1. The van der Waals surface area contributed by atoms with E-state index in [2.05, 4.69) is 15.4 Å². The monoisotopic (exact) mass is 673 g/mol. The lowest BCUT2D eigenvalue weighted by Crippen LogP contribution is -2.41. The van der Waals surface area contributed by atoms with E-state index < -0.39 is 10.0 Å². The van der Waals surface area contributed by atoms with Gasteiger partial charge in [0.15, 0.2) is 5.82 Å². The summed E-state index contributed by atoms with van der Waals surface area (Å²) in [6, 6.07) is 15.1. The van der Waals surface area contributed by atoms with E-state index in [0.717, 1.165) is 77.8 Å². The van der Waals surface area contributed by atoms with Gasteiger partial charge >= 0.3 is 0 Å². The zero-order chi connectivity index (χ0) is 32.8. The highest BCUT2D eigenvalue weighted by Gasteiger charge is 2.47. The van der Waals surface area contributed by atoms with Gasteiger partial charge in [0.05, 0.1) is 41.0 Å². The molecule has 4 heterocycles. The Balaban J connectivity index is 1.21. The SMILES string of the molecule is COc1cc(C(=O)N2CC3CCC2[C@@H]3N)cc2nc(-c3cc4ccc(-c5ccc(NS(C)(=O)=O)c(Cl)c5)nc4n3CC3CC3)n(C)c12. The third-order valence-electron chi connectivity index (χ3n) is 9.99. The zero-order valence-corrected chi connectivity index (χ0v) is 28.0. The summed E-state index contributed by atoms with van der Waals surface area (Å²) < 4.78 is 36.0. The van der Waals surface area contributed by atoms with E-state index in [1.165, 1.54) is 0 Å². The molecule has 2 aromatic carbocycles. The summed E-state index contributed by atoms with van der Waals surface area (Å²) in [5, 5.41) is 1.26. The predicted molar refractivity (Wildman–Crippen MR) is 183 cm³/mol. The first kappa shape index (κ1) is 30.2. The molecule has 8 rings (SSSR count). The van der Waals surface area contributed by atoms with Crippen molar-refractivity contribution in [1.82, 2.24) is 24.0 Å². The number of halogens is 1. The highest BCUT2D eigenvalue weighted by atomic mass is 35.5. The summed E-state index contributed by atoms with van der Waals surface area (Å²) in [6.45, 7) is 1.50. The number of hydrogen-bond acceptors (Lipinski definition) is 7. The van der Waals surface area contributed by atoms with Crippen LogP contribution in [0.3, 0.4) is 0 Å². The Morgan fingerprint density at radius 2 is 1.89 bits per heavy atom. The molecule has 3 fully saturated rings. The first-order chi connectivity index (χ1) is 22.5. The van der Waals surface area contributed by atoms with Gasteiger partial charge in [-0.25, -0.2) is 18.4 Å². The number of anilines is 1. The van der Waals surface area contributed by atoms with Crippen LogP contribution in [-0.2, 0) is 23.6 Å². The number of ether oxygens (including phenoxy) is 1. The van der Waals surface area contributed by atoms with Crippen LogP contribution in [0.15, 0.2) is 48.5 Å². The number of aryl methyl sites for hydroxylation is 1. The minimum atomic E-state index is -3.47. The number of fused-ring (bicyclic) bond motifs is 4. The minimum absolute atomic E-state index is 0.0279. The zero-order valence-electron chi connectivity index (χ0n) is 26.4. The second-order valence-electron chi connectivity index (χ2n) is 13.2. The van der Waals surface area contributed by atoms with Crippen molar-refractivity contribution >= 4 is 55.3 Å². The molecule has 3 aromatic heterocycles. The van der Waals surface area contributed by atoms with E-state index in [1.807, 2.05) is 40.8 Å². The van der Waals surface area contributed by atoms with Gasteiger partial charge in [-0.05, 0) is 80.0 Å². The summed E-state index contributed by atoms with van der Waals surface area (Å²) in [6.07, 6.45) is 5.44. The number of hydrogen-bond donors (Lipinski definition) is 2. The van der Waals surface area contributed by atoms with Crippen molar-refractivity contribution in [2.45, 2.75) is 44.3 Å². The standard InChI is InChI=1S/C34H36ClN7O4S/c1-40-31-26(13-22(15-29(31)46-2)34(43)42-17-21-8-11-27(42)30(21)36)38-33(40)28-14-20-7-9-24(37-32(20)41(28)16-18-4-5-18)19-6-10-25(23(35)12-19)39-47(3,44)45/h6-7,9-10,12-15,18,21,27,30,39H,4-5,8,11,16-17,36H2,1-3H3/t21?,27?,30-/m1/s1. The molecule has 0 radical (unpaired) electrons. The van der Waals surface area contributed by atoms with E-state index >= 15 is 0 Å². The van der Waals surface area contributed by atoms with Gasteiger partial charge in [-0.15, -0.1) is 0 Å². The average molecular weight is 674 g/mol. The molecule has 244 valence electrons. The number of pyridine rings is 1. The van der Waals surface area contributed by atoms with Crippen molar-refractivity contribution in [2.24, 2.45) is 24.6 Å². The van der Waals surface area contributed by atoms with Crippen molar-refractivity contribution < 1.29 is 17.9 Å². The normalized spacial score (nSPS) is 20.9. The Hall–Kier alpha value is -4.13. The Kier molecular flexibility index (Phi) is 7.05. The number of carbonyl (C=O) groups is 1. The summed E-state index contributed by atoms with van der Waals surface area (Å²) >= 11 is 6.46. The Morgan fingerprint density at radius 3 is 2.55 bits per heavy atom. The molecular weight excluding hydrogens is 638 g/mol. The van der Waals surface area contributed by atoms with E-state index in [9.17, 15) is 13.2 Å². The van der Waals surface area contributed by atoms with Crippen LogP contribution < -0.4 is 15.2 Å². The number of aromatic nitrogens is 4. The molecular formula is C34H36ClN7O4S. The maximum Gasteiger partial charge on any atom is 0.254 e. The van der Waals surface area contributed by atoms with Gasteiger partial charge in [-0.2, -0.15) is 0 Å². The van der Waals surface area contributed by atoms with Crippen LogP contribution in [0.1, 0.15) is 36.0 Å². The van der Waals surface area contributed by atoms with Crippen LogP contribution in [0.4, 0.5) is 5.69 Å². The highest BCUT2D eigenvalue weighted by molar-refractivity contribution is 7.92. The third kappa shape index (κ3) is 5.22. The number of piperidine rings is 1. The number of nitrogens with one attached hydrogen (secondary N) is 1. The van der Waals surface area contributed by atoms with Gasteiger partial charge < -0.3 is 24.5 Å². The van der Waals surface area contributed by atoms with Crippen molar-refractivity contribution in [3.05, 3.63) is 59.1 Å². The molecule has 2 unspecified atom stereocenters. The first-order valence-electron chi connectivity index (χ1n) is 15.9. The number of methoxy groups -OCH3 is 1. The van der Waals surface area contributed by atoms with Crippen LogP contribution in [0.5, 0.6) is 5.75 Å². The van der Waals surface area contributed by atoms with Crippen LogP contribution in [0, 0.1) is 11.8 Å². The highest BCUT2D eigenvalue weighted by Crippen LogP contribution is 2.40. The van der Waals surface area contributed by atoms with Crippen molar-refractivity contribution in [2.75, 3.05) is 24.6 Å². The van der Waals surface area contributed by atoms with Crippen molar-refractivity contribution in [1.29, 1.82) is 0 Å². The van der Waals surface area contributed by atoms with E-state index in [1.54, 1.807) is 25.3 Å². The second kappa shape index (κ2) is 11.0. The molecule has 1 saturated heterocycles. The van der Waals surface area contributed by atoms with E-state index in [0.29, 0.717) is 40.9 Å². The molecule has 5 aromatic rings. The van der Waals surface area contributed by atoms with Gasteiger partial charge in [0.2, 0.25) is 10.0 Å². The van der Waals surface area contributed by atoms with Gasteiger partial charge in [-0.3, -0.25) is 9.52 Å². The third-order valence-corrected chi connectivity index (χ3v) is 10.9. The second-order valence-corrected chi connectivity index (χ2v) is 15.4. The van der Waals surface area contributed by atoms with Crippen LogP contribution in [0.2, 0.25) is 5.02 Å². The number of carbonyl (C=O) groups excluding carboxylic acids is 1. The molecule has 3 aliphatic rings. The Bertz CT molecular complexity index is 2210. The largest absolute Gasteiger partial charge is 0.494 e. The number of rotatable bonds is 8. The molecule has 1 aliphatic heterocycles. The number of nitrogens with zero attached hydrogens (tertiary/aromatic N) is 5. The first-order valence-corrected chi connectivity index (χ1v) is 18.2. The summed E-state index contributed by atoms with van der Waals surface area (Å²) in [4.78, 5) is 25.9. The molecule has 2 saturated carbocycles. The summed E-state index contributed by atoms with van der Waals surface area (Å²) in [5.41, 5.74) is 12.0. The smallest absolute Gasteiger partial charge is 0.254 e. The topological polar surface area (TPSA) is 137 Å². The molecule has 13 heteroatoms.